The van der Waals surface area contributed by atoms with Gasteiger partial charge in [0.25, 0.3) is 0 Å². The molecule has 0 amide bonds. The summed E-state index contributed by atoms with van der Waals surface area (Å²) < 4.78 is 5.21. The van der Waals surface area contributed by atoms with Crippen molar-refractivity contribution in [1.82, 2.24) is 9.97 Å². The topological polar surface area (TPSA) is 64.9 Å². The SMILES string of the molecule is Cc1nc(-c2ccoc2C)nc(N)c1C. The van der Waals surface area contributed by atoms with Gasteiger partial charge < -0.3 is 10.2 Å². The van der Waals surface area contributed by atoms with Crippen LogP contribution in [0, 0.1) is 20.8 Å². The lowest BCUT2D eigenvalue weighted by molar-refractivity contribution is 0.535. The second-order valence-electron chi connectivity index (χ2n) is 3.53. The molecule has 0 saturated heterocycles. The van der Waals surface area contributed by atoms with Crippen molar-refractivity contribution in [3.8, 4) is 11.4 Å². The van der Waals surface area contributed by atoms with Crippen LogP contribution < -0.4 is 5.73 Å². The van der Waals surface area contributed by atoms with Gasteiger partial charge in [-0.15, -0.1) is 0 Å². The molecule has 0 aliphatic heterocycles. The number of furan rings is 1. The first-order valence-electron chi connectivity index (χ1n) is 4.74. The molecule has 0 aliphatic carbocycles. The predicted molar refractivity (Wildman–Crippen MR) is 58.4 cm³/mol. The average molecular weight is 203 g/mol. The van der Waals surface area contributed by atoms with E-state index in [2.05, 4.69) is 9.97 Å². The zero-order valence-corrected chi connectivity index (χ0v) is 9.03. The van der Waals surface area contributed by atoms with Crippen LogP contribution in [0.15, 0.2) is 16.7 Å². The van der Waals surface area contributed by atoms with Crippen molar-refractivity contribution in [2.24, 2.45) is 0 Å². The molecule has 2 N–H and O–H groups in total. The minimum atomic E-state index is 0.526. The second-order valence-corrected chi connectivity index (χ2v) is 3.53. The standard InChI is InChI=1S/C11H13N3O/c1-6-7(2)13-11(14-10(6)12)9-4-5-15-8(9)3/h4-5H,1-3H3,(H2,12,13,14). The molecule has 0 atom stereocenters. The van der Waals surface area contributed by atoms with Crippen molar-refractivity contribution >= 4 is 5.82 Å². The molecule has 0 radical (unpaired) electrons. The first-order valence-corrected chi connectivity index (χ1v) is 4.74. The molecule has 4 nitrogen and oxygen atoms in total. The number of nitrogen functional groups attached to an aromatic ring is 1. The predicted octanol–water partition coefficient (Wildman–Crippen LogP) is 2.24. The summed E-state index contributed by atoms with van der Waals surface area (Å²) in [6.45, 7) is 5.72. The Labute approximate surface area is 88.2 Å². The zero-order chi connectivity index (χ0) is 11.0. The molecule has 0 spiro atoms. The number of nitrogens with two attached hydrogens (primary N) is 1. The molecule has 0 aliphatic rings. The van der Waals surface area contributed by atoms with Gasteiger partial charge in [0.15, 0.2) is 5.82 Å². The molecule has 0 fully saturated rings. The first kappa shape index (κ1) is 9.71. The van der Waals surface area contributed by atoms with Crippen molar-refractivity contribution in [2.75, 3.05) is 5.73 Å². The zero-order valence-electron chi connectivity index (χ0n) is 9.03. The van der Waals surface area contributed by atoms with Crippen LogP contribution in [0.4, 0.5) is 5.82 Å². The van der Waals surface area contributed by atoms with Gasteiger partial charge in [-0.3, -0.25) is 0 Å². The Morgan fingerprint density at radius 2 is 1.93 bits per heavy atom. The van der Waals surface area contributed by atoms with Crippen LogP contribution in [0.5, 0.6) is 0 Å². The monoisotopic (exact) mass is 203 g/mol. The average Bonchev–Trinajstić information content (AvgIpc) is 2.60. The van der Waals surface area contributed by atoms with Crippen LogP contribution in [0.1, 0.15) is 17.0 Å². The van der Waals surface area contributed by atoms with Gasteiger partial charge in [0.05, 0.1) is 11.8 Å². The van der Waals surface area contributed by atoms with E-state index >= 15 is 0 Å². The highest BCUT2D eigenvalue weighted by atomic mass is 16.3. The third-order valence-corrected chi connectivity index (χ3v) is 2.53. The fourth-order valence-electron chi connectivity index (χ4n) is 1.39. The smallest absolute Gasteiger partial charge is 0.165 e. The van der Waals surface area contributed by atoms with Crippen LogP contribution in [0.2, 0.25) is 0 Å². The highest BCUT2D eigenvalue weighted by molar-refractivity contribution is 5.60. The number of aryl methyl sites for hydroxylation is 2. The molecule has 2 heterocycles. The van der Waals surface area contributed by atoms with Gasteiger partial charge >= 0.3 is 0 Å². The Hall–Kier alpha value is -1.84. The summed E-state index contributed by atoms with van der Waals surface area (Å²) in [5.74, 6) is 1.96. The fourth-order valence-corrected chi connectivity index (χ4v) is 1.39. The highest BCUT2D eigenvalue weighted by Gasteiger charge is 2.10. The third kappa shape index (κ3) is 1.58. The Kier molecular flexibility index (Phi) is 2.19. The van der Waals surface area contributed by atoms with Crippen molar-refractivity contribution in [3.63, 3.8) is 0 Å². The minimum absolute atomic E-state index is 0.526. The number of anilines is 1. The summed E-state index contributed by atoms with van der Waals surface area (Å²) >= 11 is 0. The van der Waals surface area contributed by atoms with Gasteiger partial charge in [-0.2, -0.15) is 0 Å². The molecular weight excluding hydrogens is 190 g/mol. The van der Waals surface area contributed by atoms with Crippen LogP contribution in [0.3, 0.4) is 0 Å². The van der Waals surface area contributed by atoms with E-state index < -0.39 is 0 Å². The molecule has 4 heteroatoms. The summed E-state index contributed by atoms with van der Waals surface area (Å²) in [5.41, 5.74) is 8.52. The van der Waals surface area contributed by atoms with Crippen molar-refractivity contribution < 1.29 is 4.42 Å². The lowest BCUT2D eigenvalue weighted by Crippen LogP contribution is -2.02. The lowest BCUT2D eigenvalue weighted by Gasteiger charge is -2.05. The quantitative estimate of drug-likeness (QED) is 0.772. The Morgan fingerprint density at radius 1 is 1.20 bits per heavy atom. The van der Waals surface area contributed by atoms with Crippen molar-refractivity contribution in [3.05, 3.63) is 29.3 Å². The van der Waals surface area contributed by atoms with E-state index in [1.165, 1.54) is 0 Å². The van der Waals surface area contributed by atoms with Crippen LogP contribution >= 0.6 is 0 Å². The van der Waals surface area contributed by atoms with Crippen molar-refractivity contribution in [1.29, 1.82) is 0 Å². The Balaban J connectivity index is 2.60. The molecule has 2 aromatic rings. The molecule has 2 aromatic heterocycles. The second kappa shape index (κ2) is 3.38. The Morgan fingerprint density at radius 3 is 2.47 bits per heavy atom. The maximum absolute atomic E-state index is 5.80. The van der Waals surface area contributed by atoms with E-state index in [-0.39, 0.29) is 0 Å². The van der Waals surface area contributed by atoms with Crippen LogP contribution in [-0.2, 0) is 0 Å². The number of hydrogen-bond donors (Lipinski definition) is 1. The summed E-state index contributed by atoms with van der Waals surface area (Å²) in [6, 6.07) is 1.85. The van der Waals surface area contributed by atoms with Crippen LogP contribution in [0.25, 0.3) is 11.4 Å². The van der Waals surface area contributed by atoms with Gasteiger partial charge in [0.1, 0.15) is 11.6 Å². The summed E-state index contributed by atoms with van der Waals surface area (Å²) in [4.78, 5) is 8.63. The molecule has 78 valence electrons. The number of aromatic nitrogens is 2. The van der Waals surface area contributed by atoms with Gasteiger partial charge in [-0.25, -0.2) is 9.97 Å². The van der Waals surface area contributed by atoms with E-state index in [1.54, 1.807) is 6.26 Å². The Bertz CT molecular complexity index is 479. The summed E-state index contributed by atoms with van der Waals surface area (Å²) in [5, 5.41) is 0. The van der Waals surface area contributed by atoms with E-state index in [0.29, 0.717) is 11.6 Å². The van der Waals surface area contributed by atoms with E-state index in [1.807, 2.05) is 26.8 Å². The summed E-state index contributed by atoms with van der Waals surface area (Å²) in [7, 11) is 0. The molecular formula is C11H13N3O. The van der Waals surface area contributed by atoms with Gasteiger partial charge in [-0.05, 0) is 26.8 Å². The number of nitrogens with zero attached hydrogens (tertiary/aromatic N) is 2. The maximum atomic E-state index is 5.80. The van der Waals surface area contributed by atoms with E-state index in [9.17, 15) is 0 Å². The molecule has 0 bridgehead atoms. The van der Waals surface area contributed by atoms with Crippen LogP contribution in [-0.4, -0.2) is 9.97 Å². The molecule has 2 rings (SSSR count). The minimum Gasteiger partial charge on any atom is -0.469 e. The highest BCUT2D eigenvalue weighted by Crippen LogP contribution is 2.23. The van der Waals surface area contributed by atoms with Gasteiger partial charge in [0, 0.05) is 11.3 Å². The third-order valence-electron chi connectivity index (χ3n) is 2.53. The van der Waals surface area contributed by atoms with E-state index in [0.717, 1.165) is 22.6 Å². The normalized spacial score (nSPS) is 10.6. The van der Waals surface area contributed by atoms with Crippen molar-refractivity contribution in [2.45, 2.75) is 20.8 Å². The van der Waals surface area contributed by atoms with Gasteiger partial charge in [-0.1, -0.05) is 0 Å². The summed E-state index contributed by atoms with van der Waals surface area (Å²) in [6.07, 6.45) is 1.62. The maximum Gasteiger partial charge on any atom is 0.165 e. The lowest BCUT2D eigenvalue weighted by atomic mass is 10.2. The fraction of sp³-hybridized carbons (Fsp3) is 0.273. The molecule has 0 unspecified atom stereocenters. The molecule has 0 aromatic carbocycles. The molecule has 0 saturated carbocycles. The van der Waals surface area contributed by atoms with Gasteiger partial charge in [0.2, 0.25) is 0 Å². The van der Waals surface area contributed by atoms with E-state index in [4.69, 9.17) is 10.2 Å². The number of hydrogen-bond acceptors (Lipinski definition) is 4. The molecule has 15 heavy (non-hydrogen) atoms. The first-order chi connectivity index (χ1) is 7.09. The number of rotatable bonds is 1. The largest absolute Gasteiger partial charge is 0.469 e.